The van der Waals surface area contributed by atoms with Gasteiger partial charge in [0.2, 0.25) is 0 Å². The fourth-order valence-electron chi connectivity index (χ4n) is 2.04. The summed E-state index contributed by atoms with van der Waals surface area (Å²) in [5.41, 5.74) is 3.91. The summed E-state index contributed by atoms with van der Waals surface area (Å²) >= 11 is 1.74. The van der Waals surface area contributed by atoms with E-state index >= 15 is 0 Å². The number of nitrogens with one attached hydrogen (secondary N) is 2. The zero-order chi connectivity index (χ0) is 11.5. The topological polar surface area (TPSA) is 27.8 Å². The summed E-state index contributed by atoms with van der Waals surface area (Å²) in [6, 6.07) is 10.7. The minimum atomic E-state index is 0.908. The van der Waals surface area contributed by atoms with Crippen molar-refractivity contribution in [2.24, 2.45) is 0 Å². The number of benzene rings is 1. The van der Waals surface area contributed by atoms with Crippen LogP contribution < -0.4 is 5.32 Å². The molecule has 0 amide bonds. The van der Waals surface area contributed by atoms with Crippen LogP contribution >= 0.6 is 11.3 Å². The van der Waals surface area contributed by atoms with Gasteiger partial charge in [-0.25, -0.2) is 0 Å². The van der Waals surface area contributed by atoms with Crippen molar-refractivity contribution in [1.29, 1.82) is 0 Å². The van der Waals surface area contributed by atoms with E-state index in [1.165, 1.54) is 22.0 Å². The van der Waals surface area contributed by atoms with Crippen molar-refractivity contribution in [2.45, 2.75) is 13.1 Å². The summed E-state index contributed by atoms with van der Waals surface area (Å²) in [6.07, 6.45) is 1.99. The lowest BCUT2D eigenvalue weighted by Crippen LogP contribution is -2.12. The molecule has 2 heterocycles. The Bertz CT molecular complexity index is 596. The van der Waals surface area contributed by atoms with Crippen molar-refractivity contribution in [3.8, 4) is 0 Å². The highest BCUT2D eigenvalue weighted by molar-refractivity contribution is 7.07. The quantitative estimate of drug-likeness (QED) is 0.720. The number of hydrogen-bond acceptors (Lipinski definition) is 2. The van der Waals surface area contributed by atoms with Crippen LogP contribution in [0.3, 0.4) is 0 Å². The summed E-state index contributed by atoms with van der Waals surface area (Å²) in [5, 5.41) is 9.09. The lowest BCUT2D eigenvalue weighted by atomic mass is 10.1. The molecule has 0 fully saturated rings. The van der Waals surface area contributed by atoms with E-state index in [4.69, 9.17) is 0 Å². The standard InChI is InChI=1S/C14H14N2S/c1-2-12(13-4-6-16-14(13)3-1)9-15-8-11-5-7-17-10-11/h1-7,10,15-16H,8-9H2. The maximum Gasteiger partial charge on any atom is 0.0457 e. The van der Waals surface area contributed by atoms with Crippen molar-refractivity contribution >= 4 is 22.2 Å². The van der Waals surface area contributed by atoms with Gasteiger partial charge in [-0.1, -0.05) is 12.1 Å². The number of H-pyrrole nitrogens is 1. The van der Waals surface area contributed by atoms with Gasteiger partial charge in [0.25, 0.3) is 0 Å². The average molecular weight is 242 g/mol. The lowest BCUT2D eigenvalue weighted by Gasteiger charge is -2.05. The first-order valence-electron chi connectivity index (χ1n) is 5.70. The molecular weight excluding hydrogens is 228 g/mol. The van der Waals surface area contributed by atoms with E-state index in [1.807, 2.05) is 6.20 Å². The van der Waals surface area contributed by atoms with Gasteiger partial charge >= 0.3 is 0 Å². The molecular formula is C14H14N2S. The van der Waals surface area contributed by atoms with Crippen LogP contribution in [0, 0.1) is 0 Å². The Labute approximate surface area is 104 Å². The van der Waals surface area contributed by atoms with Gasteiger partial charge in [0.05, 0.1) is 0 Å². The Balaban J connectivity index is 1.70. The van der Waals surface area contributed by atoms with Crippen LogP contribution in [0.1, 0.15) is 11.1 Å². The lowest BCUT2D eigenvalue weighted by molar-refractivity contribution is 0.698. The Hall–Kier alpha value is -1.58. The van der Waals surface area contributed by atoms with E-state index in [1.54, 1.807) is 11.3 Å². The van der Waals surface area contributed by atoms with Gasteiger partial charge in [0.1, 0.15) is 0 Å². The molecule has 0 aliphatic carbocycles. The van der Waals surface area contributed by atoms with E-state index in [-0.39, 0.29) is 0 Å². The van der Waals surface area contributed by atoms with Crippen molar-refractivity contribution < 1.29 is 0 Å². The van der Waals surface area contributed by atoms with Crippen molar-refractivity contribution in [1.82, 2.24) is 10.3 Å². The summed E-state index contributed by atoms with van der Waals surface area (Å²) in [7, 11) is 0. The molecule has 2 nitrogen and oxygen atoms in total. The van der Waals surface area contributed by atoms with Crippen LogP contribution in [0.2, 0.25) is 0 Å². The summed E-state index contributed by atoms with van der Waals surface area (Å²) in [4.78, 5) is 3.24. The molecule has 17 heavy (non-hydrogen) atoms. The SMILES string of the molecule is c1cc(CNCc2ccsc2)c2cc[nH]c2c1. The maximum absolute atomic E-state index is 3.48. The van der Waals surface area contributed by atoms with Gasteiger partial charge in [-0.3, -0.25) is 0 Å². The Morgan fingerprint density at radius 3 is 3.00 bits per heavy atom. The molecule has 0 spiro atoms. The molecule has 3 heteroatoms. The van der Waals surface area contributed by atoms with Gasteiger partial charge in [0, 0.05) is 30.2 Å². The Kier molecular flexibility index (Phi) is 2.94. The first kappa shape index (κ1) is 10.6. The summed E-state index contributed by atoms with van der Waals surface area (Å²) in [5.74, 6) is 0. The molecule has 2 aromatic heterocycles. The minimum absolute atomic E-state index is 0.908. The van der Waals surface area contributed by atoms with Crippen LogP contribution in [0.4, 0.5) is 0 Å². The molecule has 1 aromatic carbocycles. The number of rotatable bonds is 4. The second-order valence-corrected chi connectivity index (χ2v) is 4.87. The van der Waals surface area contributed by atoms with Crippen molar-refractivity contribution in [3.05, 3.63) is 58.4 Å². The molecule has 0 aliphatic rings. The first-order chi connectivity index (χ1) is 8.43. The van der Waals surface area contributed by atoms with Gasteiger partial charge < -0.3 is 10.3 Å². The van der Waals surface area contributed by atoms with E-state index < -0.39 is 0 Å². The molecule has 0 bridgehead atoms. The largest absolute Gasteiger partial charge is 0.361 e. The Morgan fingerprint density at radius 1 is 1.12 bits per heavy atom. The highest BCUT2D eigenvalue weighted by Gasteiger charge is 2.01. The van der Waals surface area contributed by atoms with Crippen LogP contribution in [-0.4, -0.2) is 4.98 Å². The molecule has 0 saturated carbocycles. The smallest absolute Gasteiger partial charge is 0.0457 e. The fourth-order valence-corrected chi connectivity index (χ4v) is 2.71. The van der Waals surface area contributed by atoms with Gasteiger partial charge in [-0.15, -0.1) is 0 Å². The predicted octanol–water partition coefficient (Wildman–Crippen LogP) is 3.52. The molecule has 0 atom stereocenters. The predicted molar refractivity (Wildman–Crippen MR) is 73.2 cm³/mol. The molecule has 86 valence electrons. The number of hydrogen-bond donors (Lipinski definition) is 2. The second kappa shape index (κ2) is 4.73. The van der Waals surface area contributed by atoms with Crippen LogP contribution in [0.15, 0.2) is 47.3 Å². The van der Waals surface area contributed by atoms with E-state index in [0.717, 1.165) is 13.1 Å². The number of aromatic amines is 1. The fraction of sp³-hybridized carbons (Fsp3) is 0.143. The van der Waals surface area contributed by atoms with Gasteiger partial charge in [-0.05, 0) is 40.1 Å². The van der Waals surface area contributed by atoms with E-state index in [2.05, 4.69) is 51.4 Å². The van der Waals surface area contributed by atoms with Crippen LogP contribution in [0.5, 0.6) is 0 Å². The number of thiophene rings is 1. The monoisotopic (exact) mass is 242 g/mol. The highest BCUT2D eigenvalue weighted by atomic mass is 32.1. The Morgan fingerprint density at radius 2 is 2.12 bits per heavy atom. The van der Waals surface area contributed by atoms with Crippen molar-refractivity contribution in [2.75, 3.05) is 0 Å². The van der Waals surface area contributed by atoms with Gasteiger partial charge in [0.15, 0.2) is 0 Å². The summed E-state index contributed by atoms with van der Waals surface area (Å²) < 4.78 is 0. The molecule has 3 aromatic rings. The first-order valence-corrected chi connectivity index (χ1v) is 6.64. The molecule has 0 radical (unpaired) electrons. The average Bonchev–Trinajstić information content (AvgIpc) is 2.99. The normalized spacial score (nSPS) is 11.1. The van der Waals surface area contributed by atoms with E-state index in [0.29, 0.717) is 0 Å². The van der Waals surface area contributed by atoms with E-state index in [9.17, 15) is 0 Å². The molecule has 0 aliphatic heterocycles. The number of aromatic nitrogens is 1. The third kappa shape index (κ3) is 2.25. The zero-order valence-corrected chi connectivity index (χ0v) is 10.3. The third-order valence-electron chi connectivity index (χ3n) is 2.91. The summed E-state index contributed by atoms with van der Waals surface area (Å²) in [6.45, 7) is 1.84. The third-order valence-corrected chi connectivity index (χ3v) is 3.64. The molecule has 3 rings (SSSR count). The highest BCUT2D eigenvalue weighted by Crippen LogP contribution is 2.17. The van der Waals surface area contributed by atoms with Gasteiger partial charge in [-0.2, -0.15) is 11.3 Å². The number of fused-ring (bicyclic) bond motifs is 1. The van der Waals surface area contributed by atoms with Crippen LogP contribution in [0.25, 0.3) is 10.9 Å². The molecule has 2 N–H and O–H groups in total. The zero-order valence-electron chi connectivity index (χ0n) is 9.44. The molecule has 0 unspecified atom stereocenters. The second-order valence-electron chi connectivity index (χ2n) is 4.09. The molecule has 0 saturated heterocycles. The maximum atomic E-state index is 3.48. The van der Waals surface area contributed by atoms with Crippen molar-refractivity contribution in [3.63, 3.8) is 0 Å². The minimum Gasteiger partial charge on any atom is -0.361 e. The van der Waals surface area contributed by atoms with Crippen LogP contribution in [-0.2, 0) is 13.1 Å².